The first-order valence-corrected chi connectivity index (χ1v) is 6.79. The van der Waals surface area contributed by atoms with Gasteiger partial charge in [-0.3, -0.25) is 0 Å². The number of hydrogen-bond acceptors (Lipinski definition) is 2. The van der Waals surface area contributed by atoms with E-state index in [1.807, 2.05) is 72.8 Å². The van der Waals surface area contributed by atoms with Crippen LogP contribution in [0.2, 0.25) is 0 Å². The molecule has 0 aromatic heterocycles. The molecule has 0 atom stereocenters. The van der Waals surface area contributed by atoms with Crippen molar-refractivity contribution >= 4 is 6.08 Å². The van der Waals surface area contributed by atoms with E-state index in [4.69, 9.17) is 4.74 Å². The molecule has 0 bridgehead atoms. The highest BCUT2D eigenvalue weighted by molar-refractivity contribution is 5.60. The third-order valence-corrected chi connectivity index (χ3v) is 3.08. The van der Waals surface area contributed by atoms with Crippen LogP contribution in [-0.2, 0) is 6.42 Å². The molecule has 0 unspecified atom stereocenters. The predicted octanol–water partition coefficient (Wildman–Crippen LogP) is 4.40. The fraction of sp³-hybridized carbons (Fsp3) is 0.105. The Kier molecular flexibility index (Phi) is 5.37. The summed E-state index contributed by atoms with van der Waals surface area (Å²) in [6.45, 7) is 0. The Morgan fingerprint density at radius 3 is 2.52 bits per heavy atom. The summed E-state index contributed by atoms with van der Waals surface area (Å²) >= 11 is 0. The number of allylic oxidation sites excluding steroid dienone is 3. The third kappa shape index (κ3) is 4.36. The molecule has 0 aliphatic heterocycles. The van der Waals surface area contributed by atoms with Gasteiger partial charge in [0.2, 0.25) is 0 Å². The minimum absolute atomic E-state index is 0.635. The molecular weight excluding hydrogens is 258 g/mol. The number of nitriles is 1. The highest BCUT2D eigenvalue weighted by Crippen LogP contribution is 2.18. The maximum absolute atomic E-state index is 9.19. The Hall–Kier alpha value is -2.79. The smallest absolute Gasteiger partial charge is 0.122 e. The largest absolute Gasteiger partial charge is 0.496 e. The highest BCUT2D eigenvalue weighted by Gasteiger charge is 1.98. The standard InChI is InChI=1S/C19H17NO/c1-21-19-13-6-5-11-18(19)12-7-10-17(15-20)14-16-8-3-2-4-9-16/h2-11,13-14H,12H2,1H3/b10-7+,17-14-. The van der Waals surface area contributed by atoms with Crippen LogP contribution in [0.25, 0.3) is 6.08 Å². The van der Waals surface area contributed by atoms with E-state index in [0.717, 1.165) is 23.3 Å². The van der Waals surface area contributed by atoms with Crippen molar-refractivity contribution in [1.29, 1.82) is 5.26 Å². The van der Waals surface area contributed by atoms with Crippen LogP contribution in [-0.4, -0.2) is 7.11 Å². The molecule has 0 saturated heterocycles. The number of ether oxygens (including phenoxy) is 1. The molecule has 104 valence electrons. The number of methoxy groups -OCH3 is 1. The lowest BCUT2D eigenvalue weighted by Gasteiger charge is -2.04. The summed E-state index contributed by atoms with van der Waals surface area (Å²) < 4.78 is 5.31. The molecule has 0 amide bonds. The molecule has 0 aliphatic carbocycles. The minimum Gasteiger partial charge on any atom is -0.496 e. The van der Waals surface area contributed by atoms with Crippen LogP contribution in [0.3, 0.4) is 0 Å². The second-order valence-electron chi connectivity index (χ2n) is 4.54. The molecule has 2 aromatic carbocycles. The summed E-state index contributed by atoms with van der Waals surface area (Å²) in [5.74, 6) is 0.868. The van der Waals surface area contributed by atoms with E-state index in [1.165, 1.54) is 0 Å². The number of nitrogens with zero attached hydrogens (tertiary/aromatic N) is 1. The van der Waals surface area contributed by atoms with Gasteiger partial charge in [0.1, 0.15) is 5.75 Å². The van der Waals surface area contributed by atoms with Crippen LogP contribution in [0.5, 0.6) is 5.75 Å². The van der Waals surface area contributed by atoms with E-state index in [2.05, 4.69) is 6.07 Å². The Labute approximate surface area is 125 Å². The molecule has 21 heavy (non-hydrogen) atoms. The zero-order chi connectivity index (χ0) is 14.9. The van der Waals surface area contributed by atoms with Gasteiger partial charge in [0, 0.05) is 0 Å². The van der Waals surface area contributed by atoms with Crippen LogP contribution >= 0.6 is 0 Å². The predicted molar refractivity (Wildman–Crippen MR) is 85.9 cm³/mol. The molecule has 0 aliphatic rings. The summed E-state index contributed by atoms with van der Waals surface area (Å²) in [5, 5.41) is 9.19. The first-order chi connectivity index (χ1) is 10.3. The average molecular weight is 275 g/mol. The van der Waals surface area contributed by atoms with E-state index in [1.54, 1.807) is 7.11 Å². The maximum Gasteiger partial charge on any atom is 0.122 e. The van der Waals surface area contributed by atoms with Crippen LogP contribution in [0.4, 0.5) is 0 Å². The molecule has 0 fully saturated rings. The van der Waals surface area contributed by atoms with E-state index in [9.17, 15) is 5.26 Å². The van der Waals surface area contributed by atoms with E-state index in [0.29, 0.717) is 5.57 Å². The molecule has 2 rings (SSSR count). The van der Waals surface area contributed by atoms with E-state index >= 15 is 0 Å². The zero-order valence-electron chi connectivity index (χ0n) is 12.0. The van der Waals surface area contributed by atoms with Crippen molar-refractivity contribution in [3.63, 3.8) is 0 Å². The van der Waals surface area contributed by atoms with Crippen molar-refractivity contribution in [2.45, 2.75) is 6.42 Å². The summed E-state index contributed by atoms with van der Waals surface area (Å²) in [6, 6.07) is 19.9. The Balaban J connectivity index is 2.09. The van der Waals surface area contributed by atoms with Crippen molar-refractivity contribution in [2.24, 2.45) is 0 Å². The molecule has 0 radical (unpaired) electrons. The molecule has 2 nitrogen and oxygen atoms in total. The Morgan fingerprint density at radius 2 is 1.81 bits per heavy atom. The van der Waals surface area contributed by atoms with Crippen LogP contribution in [0, 0.1) is 11.3 Å². The summed E-state index contributed by atoms with van der Waals surface area (Å²) in [4.78, 5) is 0. The lowest BCUT2D eigenvalue weighted by atomic mass is 10.1. The van der Waals surface area contributed by atoms with Crippen molar-refractivity contribution in [1.82, 2.24) is 0 Å². The molecule has 2 aromatic rings. The van der Waals surface area contributed by atoms with E-state index < -0.39 is 0 Å². The number of benzene rings is 2. The first-order valence-electron chi connectivity index (χ1n) is 6.79. The normalized spacial score (nSPS) is 11.3. The van der Waals surface area contributed by atoms with Gasteiger partial charge in [0.25, 0.3) is 0 Å². The van der Waals surface area contributed by atoms with Gasteiger partial charge in [0.15, 0.2) is 0 Å². The summed E-state index contributed by atoms with van der Waals surface area (Å²) in [5.41, 5.74) is 2.76. The van der Waals surface area contributed by atoms with E-state index in [-0.39, 0.29) is 0 Å². The fourth-order valence-corrected chi connectivity index (χ4v) is 2.03. The van der Waals surface area contributed by atoms with Gasteiger partial charge >= 0.3 is 0 Å². The SMILES string of the molecule is COc1ccccc1C/C=C/C(C#N)=C/c1ccccc1. The first kappa shape index (κ1) is 14.6. The molecular formula is C19H17NO. The van der Waals surface area contributed by atoms with Crippen molar-refractivity contribution in [2.75, 3.05) is 7.11 Å². The van der Waals surface area contributed by atoms with Crippen LogP contribution < -0.4 is 4.74 Å². The third-order valence-electron chi connectivity index (χ3n) is 3.08. The number of hydrogen-bond donors (Lipinski definition) is 0. The molecule has 0 heterocycles. The Bertz CT molecular complexity index is 678. The molecule has 0 saturated carbocycles. The molecule has 2 heteroatoms. The minimum atomic E-state index is 0.635. The van der Waals surface area contributed by atoms with Gasteiger partial charge in [-0.05, 0) is 35.8 Å². The average Bonchev–Trinajstić information content (AvgIpc) is 2.55. The van der Waals surface area contributed by atoms with Gasteiger partial charge in [-0.15, -0.1) is 0 Å². The van der Waals surface area contributed by atoms with Gasteiger partial charge in [-0.25, -0.2) is 0 Å². The highest BCUT2D eigenvalue weighted by atomic mass is 16.5. The van der Waals surface area contributed by atoms with Crippen LogP contribution in [0.1, 0.15) is 11.1 Å². The number of para-hydroxylation sites is 1. The van der Waals surface area contributed by atoms with Gasteiger partial charge in [0.05, 0.1) is 18.8 Å². The Morgan fingerprint density at radius 1 is 1.10 bits per heavy atom. The van der Waals surface area contributed by atoms with Crippen molar-refractivity contribution < 1.29 is 4.74 Å². The van der Waals surface area contributed by atoms with Crippen molar-refractivity contribution in [3.05, 3.63) is 83.4 Å². The lowest BCUT2D eigenvalue weighted by molar-refractivity contribution is 0.410. The quantitative estimate of drug-likeness (QED) is 0.598. The number of rotatable bonds is 5. The van der Waals surface area contributed by atoms with Gasteiger partial charge < -0.3 is 4.74 Å². The molecule has 0 spiro atoms. The second-order valence-corrected chi connectivity index (χ2v) is 4.54. The maximum atomic E-state index is 9.19. The fourth-order valence-electron chi connectivity index (χ4n) is 2.03. The van der Waals surface area contributed by atoms with Crippen LogP contribution in [0.15, 0.2) is 72.3 Å². The monoisotopic (exact) mass is 275 g/mol. The molecule has 0 N–H and O–H groups in total. The summed E-state index contributed by atoms with van der Waals surface area (Å²) in [6.07, 6.45) is 6.44. The zero-order valence-corrected chi connectivity index (χ0v) is 12.0. The van der Waals surface area contributed by atoms with Gasteiger partial charge in [-0.1, -0.05) is 54.6 Å². The van der Waals surface area contributed by atoms with Crippen molar-refractivity contribution in [3.8, 4) is 11.8 Å². The van der Waals surface area contributed by atoms with Gasteiger partial charge in [-0.2, -0.15) is 5.26 Å². The second kappa shape index (κ2) is 7.72. The lowest BCUT2D eigenvalue weighted by Crippen LogP contribution is -1.89. The topological polar surface area (TPSA) is 33.0 Å². The summed E-state index contributed by atoms with van der Waals surface area (Å²) in [7, 11) is 1.67.